The molecule has 3 aliphatic heterocycles. The minimum absolute atomic E-state index is 0.0413. The fraction of sp³-hybridized carbons (Fsp3) is 0.808. The van der Waals surface area contributed by atoms with Crippen molar-refractivity contribution in [3.63, 3.8) is 0 Å². The summed E-state index contributed by atoms with van der Waals surface area (Å²) in [5.41, 5.74) is -1.14. The minimum Gasteiger partial charge on any atom is -0.466 e. The number of hydrogen-bond donors (Lipinski definition) is 1. The Labute approximate surface area is 217 Å². The summed E-state index contributed by atoms with van der Waals surface area (Å²) in [5.74, 6) is -2.61. The topological polar surface area (TPSA) is 96.4 Å². The third-order valence-electron chi connectivity index (χ3n) is 8.06. The number of ether oxygens (including phenoxy) is 2. The fourth-order valence-corrected chi connectivity index (χ4v) is 7.14. The van der Waals surface area contributed by atoms with Gasteiger partial charge in [0.15, 0.2) is 0 Å². The molecule has 3 rings (SSSR count). The normalized spacial score (nSPS) is 32.9. The maximum Gasteiger partial charge on any atom is 0.312 e. The van der Waals surface area contributed by atoms with Gasteiger partial charge in [-0.05, 0) is 25.7 Å². The van der Waals surface area contributed by atoms with E-state index < -0.39 is 41.6 Å². The van der Waals surface area contributed by atoms with E-state index in [0.717, 1.165) is 25.7 Å². The number of fused-ring (bicyclic) bond motifs is 1. The van der Waals surface area contributed by atoms with Crippen LogP contribution in [-0.2, 0) is 23.9 Å². The van der Waals surface area contributed by atoms with Crippen molar-refractivity contribution in [2.75, 3.05) is 26.3 Å². The first-order valence-corrected chi connectivity index (χ1v) is 14.0. The predicted molar refractivity (Wildman–Crippen MR) is 136 cm³/mol. The van der Waals surface area contributed by atoms with Crippen LogP contribution in [0.3, 0.4) is 0 Å². The lowest BCUT2D eigenvalue weighted by Crippen LogP contribution is -2.60. The predicted octanol–water partition coefficient (Wildman–Crippen LogP) is 2.91. The molecule has 35 heavy (non-hydrogen) atoms. The van der Waals surface area contributed by atoms with E-state index in [1.54, 1.807) is 22.8 Å². The van der Waals surface area contributed by atoms with Crippen molar-refractivity contribution in [3.8, 4) is 0 Å². The van der Waals surface area contributed by atoms with Crippen molar-refractivity contribution in [2.24, 2.45) is 17.8 Å². The Morgan fingerprint density at radius 1 is 1.37 bits per heavy atom. The van der Waals surface area contributed by atoms with Gasteiger partial charge in [-0.25, -0.2) is 0 Å². The van der Waals surface area contributed by atoms with Gasteiger partial charge in [0.1, 0.15) is 11.6 Å². The van der Waals surface area contributed by atoms with Crippen LogP contribution in [0.4, 0.5) is 0 Å². The molecule has 198 valence electrons. The van der Waals surface area contributed by atoms with Gasteiger partial charge in [0.2, 0.25) is 11.8 Å². The molecule has 3 unspecified atom stereocenters. The number of hydrogen-bond acceptors (Lipinski definition) is 6. The zero-order valence-electron chi connectivity index (χ0n) is 21.5. The highest BCUT2D eigenvalue weighted by molar-refractivity contribution is 9.09. The van der Waals surface area contributed by atoms with Gasteiger partial charge in [0.05, 0.1) is 37.2 Å². The number of rotatable bonds is 13. The van der Waals surface area contributed by atoms with Crippen molar-refractivity contribution in [1.29, 1.82) is 0 Å². The van der Waals surface area contributed by atoms with E-state index in [0.29, 0.717) is 19.5 Å². The number of alkyl halides is 1. The molecular formula is C26H41BrN2O6. The third-order valence-corrected chi connectivity index (χ3v) is 8.90. The number of nitrogens with zero attached hydrogens (tertiary/aromatic N) is 2. The Morgan fingerprint density at radius 3 is 2.66 bits per heavy atom. The van der Waals surface area contributed by atoms with Gasteiger partial charge >= 0.3 is 5.97 Å². The second kappa shape index (κ2) is 11.7. The highest BCUT2D eigenvalue weighted by atomic mass is 79.9. The summed E-state index contributed by atoms with van der Waals surface area (Å²) >= 11 is 3.67. The molecule has 1 N–H and O–H groups in total. The number of aliphatic hydroxyl groups excluding tert-OH is 1. The van der Waals surface area contributed by atoms with Crippen LogP contribution in [0.25, 0.3) is 0 Å². The van der Waals surface area contributed by atoms with Crippen molar-refractivity contribution in [3.05, 3.63) is 12.7 Å². The van der Waals surface area contributed by atoms with E-state index in [2.05, 4.69) is 29.4 Å². The van der Waals surface area contributed by atoms with Crippen molar-refractivity contribution < 1.29 is 29.0 Å². The van der Waals surface area contributed by atoms with E-state index in [-0.39, 0.29) is 35.8 Å². The highest BCUT2D eigenvalue weighted by Crippen LogP contribution is 2.61. The molecule has 8 nitrogen and oxygen atoms in total. The van der Waals surface area contributed by atoms with E-state index >= 15 is 0 Å². The summed E-state index contributed by atoms with van der Waals surface area (Å²) in [6.45, 7) is 12.5. The van der Waals surface area contributed by atoms with Crippen LogP contribution in [0.5, 0.6) is 0 Å². The molecule has 0 aromatic heterocycles. The smallest absolute Gasteiger partial charge is 0.312 e. The summed E-state index contributed by atoms with van der Waals surface area (Å²) in [4.78, 5) is 44.5. The third kappa shape index (κ3) is 4.80. The standard InChI is InChI=1S/C26H41BrN2O6/c1-6-10-11-13-28(12-7-2)24(32)22-26-14-17(27)21(35-26)19(25(33)34-9-4)20(26)23(31)29(22)18(15-30)16(5)8-3/h7,16-22,30H,2,6,8-15H2,1,3-5H3/t16-,17?,18-,19-,20-,21-,22?,26?/m0/s1. The zero-order valence-corrected chi connectivity index (χ0v) is 23.0. The molecule has 8 atom stereocenters. The zero-order chi connectivity index (χ0) is 25.9. The molecule has 3 aliphatic rings. The Hall–Kier alpha value is -1.45. The summed E-state index contributed by atoms with van der Waals surface area (Å²) in [7, 11) is 0. The van der Waals surface area contributed by atoms with E-state index in [9.17, 15) is 19.5 Å². The largest absolute Gasteiger partial charge is 0.466 e. The summed E-state index contributed by atoms with van der Waals surface area (Å²) in [6.07, 6.45) is 5.18. The molecule has 0 saturated carbocycles. The molecule has 0 aromatic carbocycles. The SMILES string of the molecule is C=CCN(CCCCC)C(=O)C1N([C@@H](CO)[C@@H](C)CC)C(=O)[C@@H]2[C@H](C(=O)OCC)[C@H]3OC12CC3Br. The second-order valence-corrected chi connectivity index (χ2v) is 11.3. The second-order valence-electron chi connectivity index (χ2n) is 10.1. The molecule has 2 amide bonds. The lowest BCUT2D eigenvalue weighted by molar-refractivity contribution is -0.156. The molecule has 0 aliphatic carbocycles. The van der Waals surface area contributed by atoms with Gasteiger partial charge in [-0.1, -0.05) is 62.0 Å². The summed E-state index contributed by atoms with van der Waals surface area (Å²) in [6, 6.07) is -1.47. The van der Waals surface area contributed by atoms with Gasteiger partial charge in [-0.3, -0.25) is 14.4 Å². The highest BCUT2D eigenvalue weighted by Gasteiger charge is 2.77. The average Bonchev–Trinajstić information content (AvgIpc) is 3.42. The maximum absolute atomic E-state index is 14.2. The Morgan fingerprint density at radius 2 is 2.09 bits per heavy atom. The van der Waals surface area contributed by atoms with Crippen LogP contribution in [0.15, 0.2) is 12.7 Å². The minimum atomic E-state index is -1.14. The van der Waals surface area contributed by atoms with Crippen molar-refractivity contribution >= 4 is 33.7 Å². The molecule has 3 heterocycles. The van der Waals surface area contributed by atoms with Crippen molar-refractivity contribution in [2.45, 2.75) is 88.4 Å². The van der Waals surface area contributed by atoms with Gasteiger partial charge in [-0.2, -0.15) is 0 Å². The van der Waals surface area contributed by atoms with Gasteiger partial charge in [-0.15, -0.1) is 6.58 Å². The summed E-state index contributed by atoms with van der Waals surface area (Å²) in [5, 5.41) is 10.4. The molecule has 0 radical (unpaired) electrons. The van der Waals surface area contributed by atoms with E-state index in [1.807, 2.05) is 13.8 Å². The molecule has 9 heteroatoms. The molecule has 3 saturated heterocycles. The van der Waals surface area contributed by atoms with Crippen LogP contribution in [0.2, 0.25) is 0 Å². The van der Waals surface area contributed by atoms with Gasteiger partial charge in [0, 0.05) is 17.9 Å². The lowest BCUT2D eigenvalue weighted by atomic mass is 9.70. The number of halogens is 1. The monoisotopic (exact) mass is 556 g/mol. The first kappa shape index (κ1) is 28.1. The molecule has 2 bridgehead atoms. The number of carbonyl (C=O) groups excluding carboxylic acids is 3. The Kier molecular flexibility index (Phi) is 9.43. The van der Waals surface area contributed by atoms with Gasteiger partial charge < -0.3 is 24.4 Å². The summed E-state index contributed by atoms with van der Waals surface area (Å²) < 4.78 is 11.9. The van der Waals surface area contributed by atoms with E-state index in [4.69, 9.17) is 9.47 Å². The molecule has 3 fully saturated rings. The number of carbonyl (C=O) groups is 3. The fourth-order valence-electron chi connectivity index (χ4n) is 6.20. The Bertz CT molecular complexity index is 809. The number of aliphatic hydroxyl groups is 1. The number of likely N-dealkylation sites (tertiary alicyclic amines) is 1. The van der Waals surface area contributed by atoms with Crippen LogP contribution in [-0.4, -0.2) is 87.6 Å². The first-order valence-electron chi connectivity index (χ1n) is 13.0. The van der Waals surface area contributed by atoms with Crippen molar-refractivity contribution in [1.82, 2.24) is 9.80 Å². The Balaban J connectivity index is 2.10. The van der Waals surface area contributed by atoms with Gasteiger partial charge in [0.25, 0.3) is 0 Å². The lowest BCUT2D eigenvalue weighted by Gasteiger charge is -2.41. The quantitative estimate of drug-likeness (QED) is 0.162. The number of unbranched alkanes of at least 4 members (excludes halogenated alkanes) is 2. The van der Waals surface area contributed by atoms with E-state index in [1.165, 1.54) is 0 Å². The molecule has 0 aromatic rings. The average molecular weight is 558 g/mol. The number of amides is 2. The molecule has 1 spiro atoms. The van der Waals surface area contributed by atoms with Crippen LogP contribution in [0, 0.1) is 17.8 Å². The maximum atomic E-state index is 14.2. The van der Waals surface area contributed by atoms with Crippen LogP contribution >= 0.6 is 15.9 Å². The van der Waals surface area contributed by atoms with Crippen LogP contribution in [0.1, 0.15) is 59.8 Å². The number of esters is 1. The first-order chi connectivity index (χ1) is 16.7. The van der Waals surface area contributed by atoms with Crippen LogP contribution < -0.4 is 0 Å². The molecular weight excluding hydrogens is 516 g/mol.